The third-order valence-electron chi connectivity index (χ3n) is 3.40. The minimum Gasteiger partial charge on any atom is -0.336 e. The lowest BCUT2D eigenvalue weighted by Gasteiger charge is -2.13. The maximum atomic E-state index is 12.3. The van der Waals surface area contributed by atoms with E-state index in [4.69, 9.17) is 28.9 Å². The average Bonchev–Trinajstić information content (AvgIpc) is 3.07. The predicted octanol–water partition coefficient (Wildman–Crippen LogP) is 3.29. The number of halogens is 2. The van der Waals surface area contributed by atoms with Gasteiger partial charge in [0.15, 0.2) is 0 Å². The summed E-state index contributed by atoms with van der Waals surface area (Å²) in [6.45, 7) is 1.28. The maximum absolute atomic E-state index is 12.3. The van der Waals surface area contributed by atoms with E-state index in [9.17, 15) is 4.79 Å². The van der Waals surface area contributed by atoms with Gasteiger partial charge in [0, 0.05) is 35.1 Å². The van der Waals surface area contributed by atoms with Crippen LogP contribution in [0.15, 0.2) is 23.6 Å². The van der Waals surface area contributed by atoms with Gasteiger partial charge in [-0.25, -0.2) is 4.98 Å². The van der Waals surface area contributed by atoms with Gasteiger partial charge in [-0.1, -0.05) is 23.2 Å². The van der Waals surface area contributed by atoms with Crippen LogP contribution in [0.5, 0.6) is 0 Å². The van der Waals surface area contributed by atoms with Crippen LogP contribution in [0.4, 0.5) is 0 Å². The number of aromatic nitrogens is 1. The third kappa shape index (κ3) is 3.06. The standard InChI is InChI=1S/C14H13Cl2N3OS/c15-8-1-2-10(11(16)5-8)13-18-12(7-21-13)14(20)19-4-3-9(17)6-19/h1-2,5,7,9H,3-4,6,17H2/t9-/m1/s1. The van der Waals surface area contributed by atoms with Crippen molar-refractivity contribution in [3.05, 3.63) is 39.3 Å². The van der Waals surface area contributed by atoms with Crippen molar-refractivity contribution in [2.24, 2.45) is 5.73 Å². The summed E-state index contributed by atoms with van der Waals surface area (Å²) in [5, 5.41) is 3.57. The summed E-state index contributed by atoms with van der Waals surface area (Å²) in [7, 11) is 0. The molecule has 21 heavy (non-hydrogen) atoms. The van der Waals surface area contributed by atoms with Crippen molar-refractivity contribution in [1.29, 1.82) is 0 Å². The molecule has 110 valence electrons. The summed E-state index contributed by atoms with van der Waals surface area (Å²) in [6.07, 6.45) is 0.839. The Morgan fingerprint density at radius 3 is 2.90 bits per heavy atom. The number of nitrogens with two attached hydrogens (primary N) is 1. The molecule has 0 radical (unpaired) electrons. The molecule has 0 unspecified atom stereocenters. The van der Waals surface area contributed by atoms with E-state index in [0.717, 1.165) is 12.0 Å². The van der Waals surface area contributed by atoms with E-state index < -0.39 is 0 Å². The third-order valence-corrected chi connectivity index (χ3v) is 4.82. The summed E-state index contributed by atoms with van der Waals surface area (Å²) in [5.74, 6) is -0.0736. The highest BCUT2D eigenvalue weighted by molar-refractivity contribution is 7.13. The van der Waals surface area contributed by atoms with Crippen LogP contribution in [-0.2, 0) is 0 Å². The van der Waals surface area contributed by atoms with Crippen molar-refractivity contribution in [1.82, 2.24) is 9.88 Å². The number of carbonyl (C=O) groups is 1. The molecule has 1 aliphatic rings. The molecule has 1 aliphatic heterocycles. The van der Waals surface area contributed by atoms with Gasteiger partial charge in [0.25, 0.3) is 5.91 Å². The van der Waals surface area contributed by atoms with Gasteiger partial charge in [-0.2, -0.15) is 0 Å². The second-order valence-electron chi connectivity index (χ2n) is 4.96. The number of thiazole rings is 1. The van der Waals surface area contributed by atoms with Crippen molar-refractivity contribution >= 4 is 40.4 Å². The van der Waals surface area contributed by atoms with Crippen molar-refractivity contribution < 1.29 is 4.79 Å². The maximum Gasteiger partial charge on any atom is 0.273 e. The minimum absolute atomic E-state index is 0.0674. The molecule has 0 aliphatic carbocycles. The van der Waals surface area contributed by atoms with Gasteiger partial charge in [-0.15, -0.1) is 11.3 Å². The first-order chi connectivity index (χ1) is 10.0. The van der Waals surface area contributed by atoms with Crippen LogP contribution < -0.4 is 5.73 Å². The smallest absolute Gasteiger partial charge is 0.273 e. The van der Waals surface area contributed by atoms with Crippen LogP contribution in [0.3, 0.4) is 0 Å². The molecule has 2 heterocycles. The van der Waals surface area contributed by atoms with Gasteiger partial charge in [0.1, 0.15) is 10.7 Å². The van der Waals surface area contributed by atoms with Crippen molar-refractivity contribution in [3.8, 4) is 10.6 Å². The Bertz CT molecular complexity index is 689. The van der Waals surface area contributed by atoms with E-state index in [1.807, 2.05) is 6.07 Å². The fourth-order valence-electron chi connectivity index (χ4n) is 2.29. The molecule has 2 N–H and O–H groups in total. The highest BCUT2D eigenvalue weighted by Crippen LogP contribution is 2.32. The van der Waals surface area contributed by atoms with E-state index in [1.54, 1.807) is 22.4 Å². The molecule has 3 rings (SSSR count). The lowest BCUT2D eigenvalue weighted by molar-refractivity contribution is 0.0786. The van der Waals surface area contributed by atoms with E-state index in [2.05, 4.69) is 4.98 Å². The Labute approximate surface area is 136 Å². The van der Waals surface area contributed by atoms with Crippen LogP contribution in [0.2, 0.25) is 10.0 Å². The zero-order valence-electron chi connectivity index (χ0n) is 11.1. The molecule has 1 atom stereocenters. The van der Waals surface area contributed by atoms with Gasteiger partial charge in [0.2, 0.25) is 0 Å². The van der Waals surface area contributed by atoms with Crippen LogP contribution in [0, 0.1) is 0 Å². The number of nitrogens with zero attached hydrogens (tertiary/aromatic N) is 2. The second kappa shape index (κ2) is 5.93. The fourth-order valence-corrected chi connectivity index (χ4v) is 3.68. The summed E-state index contributed by atoms with van der Waals surface area (Å²) in [5.41, 5.74) is 7.05. The molecule has 1 amide bonds. The van der Waals surface area contributed by atoms with E-state index in [-0.39, 0.29) is 11.9 Å². The van der Waals surface area contributed by atoms with Gasteiger partial charge < -0.3 is 10.6 Å². The Morgan fingerprint density at radius 2 is 2.24 bits per heavy atom. The highest BCUT2D eigenvalue weighted by Gasteiger charge is 2.26. The SMILES string of the molecule is N[C@@H]1CCN(C(=O)c2csc(-c3ccc(Cl)cc3Cl)n2)C1. The molecule has 0 bridgehead atoms. The molecule has 4 nitrogen and oxygen atoms in total. The number of amides is 1. The molecule has 1 fully saturated rings. The van der Waals surface area contributed by atoms with Crippen LogP contribution in [0.25, 0.3) is 10.6 Å². The molecule has 0 spiro atoms. The molecular weight excluding hydrogens is 329 g/mol. The van der Waals surface area contributed by atoms with Gasteiger partial charge in [-0.3, -0.25) is 4.79 Å². The zero-order chi connectivity index (χ0) is 15.0. The zero-order valence-corrected chi connectivity index (χ0v) is 13.4. The molecule has 0 saturated carbocycles. The number of benzene rings is 1. The first kappa shape index (κ1) is 14.8. The van der Waals surface area contributed by atoms with E-state index in [0.29, 0.717) is 33.8 Å². The number of hydrogen-bond donors (Lipinski definition) is 1. The molecule has 7 heteroatoms. The molecule has 1 aromatic heterocycles. The minimum atomic E-state index is -0.0736. The largest absolute Gasteiger partial charge is 0.336 e. The topological polar surface area (TPSA) is 59.2 Å². The summed E-state index contributed by atoms with van der Waals surface area (Å²) < 4.78 is 0. The average molecular weight is 342 g/mol. The van der Waals surface area contributed by atoms with Crippen LogP contribution >= 0.6 is 34.5 Å². The van der Waals surface area contributed by atoms with Crippen molar-refractivity contribution in [2.75, 3.05) is 13.1 Å². The Morgan fingerprint density at radius 1 is 1.43 bits per heavy atom. The Balaban J connectivity index is 1.84. The quantitative estimate of drug-likeness (QED) is 0.911. The summed E-state index contributed by atoms with van der Waals surface area (Å²) in [4.78, 5) is 18.5. The molecular formula is C14H13Cl2N3OS. The summed E-state index contributed by atoms with van der Waals surface area (Å²) in [6, 6.07) is 5.30. The normalized spacial score (nSPS) is 18.2. The van der Waals surface area contributed by atoms with Gasteiger partial charge >= 0.3 is 0 Å². The van der Waals surface area contributed by atoms with E-state index in [1.165, 1.54) is 11.3 Å². The van der Waals surface area contributed by atoms with Crippen LogP contribution in [-0.4, -0.2) is 34.9 Å². The summed E-state index contributed by atoms with van der Waals surface area (Å²) >= 11 is 13.4. The van der Waals surface area contributed by atoms with Crippen molar-refractivity contribution in [2.45, 2.75) is 12.5 Å². The fraction of sp³-hybridized carbons (Fsp3) is 0.286. The first-order valence-electron chi connectivity index (χ1n) is 6.50. The second-order valence-corrected chi connectivity index (χ2v) is 6.66. The molecule has 2 aromatic rings. The first-order valence-corrected chi connectivity index (χ1v) is 8.14. The molecule has 1 saturated heterocycles. The monoisotopic (exact) mass is 341 g/mol. The number of hydrogen-bond acceptors (Lipinski definition) is 4. The lowest BCUT2D eigenvalue weighted by Crippen LogP contribution is -2.32. The number of rotatable bonds is 2. The molecule has 1 aromatic carbocycles. The van der Waals surface area contributed by atoms with Crippen molar-refractivity contribution in [3.63, 3.8) is 0 Å². The highest BCUT2D eigenvalue weighted by atomic mass is 35.5. The Hall–Kier alpha value is -1.14. The lowest BCUT2D eigenvalue weighted by atomic mass is 10.2. The van der Waals surface area contributed by atoms with Crippen LogP contribution in [0.1, 0.15) is 16.9 Å². The van der Waals surface area contributed by atoms with E-state index >= 15 is 0 Å². The number of likely N-dealkylation sites (tertiary alicyclic amines) is 1. The Kier molecular flexibility index (Phi) is 4.17. The van der Waals surface area contributed by atoms with Gasteiger partial charge in [0.05, 0.1) is 5.02 Å². The van der Waals surface area contributed by atoms with Gasteiger partial charge in [-0.05, 0) is 24.6 Å². The predicted molar refractivity (Wildman–Crippen MR) is 86.1 cm³/mol. The number of carbonyl (C=O) groups excluding carboxylic acids is 1.